The minimum Gasteiger partial charge on any atom is -0.351 e. The van der Waals surface area contributed by atoms with Gasteiger partial charge in [-0.05, 0) is 36.6 Å². The Morgan fingerprint density at radius 2 is 1.92 bits per heavy atom. The number of thiophene rings is 1. The van der Waals surface area contributed by atoms with Crippen LogP contribution in [0.15, 0.2) is 41.1 Å². The molecule has 8 heteroatoms. The number of amides is 3. The van der Waals surface area contributed by atoms with Crippen LogP contribution in [0, 0.1) is 6.92 Å². The summed E-state index contributed by atoms with van der Waals surface area (Å²) in [5.41, 5.74) is 7.87. The largest absolute Gasteiger partial charge is 0.351 e. The standard InChI is InChI=1S/C16H14N4O2S2/c1-9-13(24-15(18-9)10-5-6-23-8-10)14(21)19-11-3-2-4-12(7-11)20-16(17)22/h2-8H,1H3,(H,19,21)(H3,17,20,22). The van der Waals surface area contributed by atoms with Gasteiger partial charge in [-0.3, -0.25) is 4.79 Å². The van der Waals surface area contributed by atoms with Gasteiger partial charge in [0, 0.05) is 22.3 Å². The molecule has 4 N–H and O–H groups in total. The number of carbonyl (C=O) groups excluding carboxylic acids is 2. The smallest absolute Gasteiger partial charge is 0.316 e. The first kappa shape index (κ1) is 16.2. The zero-order valence-corrected chi connectivity index (χ0v) is 14.3. The Kier molecular flexibility index (Phi) is 4.59. The fourth-order valence-corrected chi connectivity index (χ4v) is 3.79. The molecule has 0 saturated heterocycles. The van der Waals surface area contributed by atoms with Crippen LogP contribution < -0.4 is 16.4 Å². The van der Waals surface area contributed by atoms with Gasteiger partial charge in [0.05, 0.1) is 5.69 Å². The van der Waals surface area contributed by atoms with E-state index in [1.165, 1.54) is 11.3 Å². The van der Waals surface area contributed by atoms with Gasteiger partial charge in [0.25, 0.3) is 5.91 Å². The maximum atomic E-state index is 12.5. The summed E-state index contributed by atoms with van der Waals surface area (Å²) in [6, 6.07) is 8.10. The van der Waals surface area contributed by atoms with Crippen molar-refractivity contribution in [3.05, 3.63) is 51.7 Å². The van der Waals surface area contributed by atoms with E-state index in [-0.39, 0.29) is 5.91 Å². The lowest BCUT2D eigenvalue weighted by Gasteiger charge is -2.07. The number of aromatic nitrogens is 1. The molecule has 0 atom stereocenters. The third-order valence-corrected chi connectivity index (χ3v) is 5.05. The van der Waals surface area contributed by atoms with Gasteiger partial charge in [-0.15, -0.1) is 11.3 Å². The van der Waals surface area contributed by atoms with Crippen molar-refractivity contribution < 1.29 is 9.59 Å². The second kappa shape index (κ2) is 6.81. The predicted octanol–water partition coefficient (Wildman–Crippen LogP) is 3.92. The second-order valence-corrected chi connectivity index (χ2v) is 6.75. The van der Waals surface area contributed by atoms with E-state index in [0.29, 0.717) is 21.9 Å². The lowest BCUT2D eigenvalue weighted by molar-refractivity contribution is 0.103. The van der Waals surface area contributed by atoms with E-state index in [2.05, 4.69) is 15.6 Å². The van der Waals surface area contributed by atoms with Gasteiger partial charge in [-0.25, -0.2) is 9.78 Å². The van der Waals surface area contributed by atoms with Crippen molar-refractivity contribution in [3.63, 3.8) is 0 Å². The number of rotatable bonds is 4. The Labute approximate surface area is 146 Å². The molecule has 3 rings (SSSR count). The van der Waals surface area contributed by atoms with Gasteiger partial charge in [0.15, 0.2) is 0 Å². The zero-order chi connectivity index (χ0) is 17.1. The SMILES string of the molecule is Cc1nc(-c2ccsc2)sc1C(=O)Nc1cccc(NC(N)=O)c1. The normalized spacial score (nSPS) is 10.4. The Morgan fingerprint density at radius 3 is 2.58 bits per heavy atom. The topological polar surface area (TPSA) is 97.1 Å². The van der Waals surface area contributed by atoms with Crippen molar-refractivity contribution in [1.29, 1.82) is 0 Å². The van der Waals surface area contributed by atoms with Crippen LogP contribution in [0.2, 0.25) is 0 Å². The number of hydrogen-bond donors (Lipinski definition) is 3. The van der Waals surface area contributed by atoms with Crippen LogP contribution in [-0.4, -0.2) is 16.9 Å². The van der Waals surface area contributed by atoms with Crippen LogP contribution in [0.1, 0.15) is 15.4 Å². The maximum absolute atomic E-state index is 12.5. The average Bonchev–Trinajstić information content (AvgIpc) is 3.16. The van der Waals surface area contributed by atoms with Crippen molar-refractivity contribution >= 4 is 46.0 Å². The van der Waals surface area contributed by atoms with Crippen LogP contribution in [0.3, 0.4) is 0 Å². The van der Waals surface area contributed by atoms with Crippen molar-refractivity contribution in [2.75, 3.05) is 10.6 Å². The molecule has 0 spiro atoms. The molecule has 1 aromatic carbocycles. The van der Waals surface area contributed by atoms with E-state index in [1.807, 2.05) is 23.8 Å². The number of primary amides is 1. The summed E-state index contributed by atoms with van der Waals surface area (Å²) in [5.74, 6) is -0.234. The van der Waals surface area contributed by atoms with E-state index in [1.54, 1.807) is 35.6 Å². The van der Waals surface area contributed by atoms with E-state index in [0.717, 1.165) is 10.6 Å². The highest BCUT2D eigenvalue weighted by molar-refractivity contribution is 7.17. The van der Waals surface area contributed by atoms with Crippen LogP contribution in [0.25, 0.3) is 10.6 Å². The van der Waals surface area contributed by atoms with Crippen LogP contribution in [0.5, 0.6) is 0 Å². The van der Waals surface area contributed by atoms with Crippen LogP contribution in [-0.2, 0) is 0 Å². The maximum Gasteiger partial charge on any atom is 0.316 e. The highest BCUT2D eigenvalue weighted by atomic mass is 32.1. The van der Waals surface area contributed by atoms with Gasteiger partial charge in [0.2, 0.25) is 0 Å². The quantitative estimate of drug-likeness (QED) is 0.659. The summed E-state index contributed by atoms with van der Waals surface area (Å²) < 4.78 is 0. The number of aryl methyl sites for hydroxylation is 1. The minimum atomic E-state index is -0.655. The van der Waals surface area contributed by atoms with Crippen molar-refractivity contribution in [1.82, 2.24) is 4.98 Å². The molecule has 3 amide bonds. The molecule has 0 aliphatic carbocycles. The molecule has 0 aliphatic rings. The summed E-state index contributed by atoms with van der Waals surface area (Å²) in [6.45, 7) is 1.81. The second-order valence-electron chi connectivity index (χ2n) is 4.97. The summed E-state index contributed by atoms with van der Waals surface area (Å²) in [4.78, 5) is 28.4. The number of nitrogens with zero attached hydrogens (tertiary/aromatic N) is 1. The minimum absolute atomic E-state index is 0.234. The fraction of sp³-hybridized carbons (Fsp3) is 0.0625. The molecule has 3 aromatic rings. The molecule has 2 heterocycles. The van der Waals surface area contributed by atoms with E-state index < -0.39 is 6.03 Å². The third-order valence-electron chi connectivity index (χ3n) is 3.16. The third kappa shape index (κ3) is 3.61. The number of benzene rings is 1. The summed E-state index contributed by atoms with van der Waals surface area (Å²) in [7, 11) is 0. The Hall–Kier alpha value is -2.71. The highest BCUT2D eigenvalue weighted by Crippen LogP contribution is 2.30. The molecule has 6 nitrogen and oxygen atoms in total. The first-order valence-electron chi connectivity index (χ1n) is 7.01. The van der Waals surface area contributed by atoms with Gasteiger partial charge in [0.1, 0.15) is 9.88 Å². The van der Waals surface area contributed by atoms with E-state index in [4.69, 9.17) is 5.73 Å². The molecule has 0 fully saturated rings. The molecule has 0 unspecified atom stereocenters. The van der Waals surface area contributed by atoms with Gasteiger partial charge >= 0.3 is 6.03 Å². The average molecular weight is 358 g/mol. The molecule has 122 valence electrons. The van der Waals surface area contributed by atoms with Crippen molar-refractivity contribution in [2.24, 2.45) is 5.73 Å². The van der Waals surface area contributed by atoms with Gasteiger partial charge in [-0.2, -0.15) is 11.3 Å². The van der Waals surface area contributed by atoms with Crippen molar-refractivity contribution in [3.8, 4) is 10.6 Å². The zero-order valence-electron chi connectivity index (χ0n) is 12.7. The van der Waals surface area contributed by atoms with E-state index in [9.17, 15) is 9.59 Å². The molecule has 2 aromatic heterocycles. The first-order chi connectivity index (χ1) is 11.5. The Morgan fingerprint density at radius 1 is 1.17 bits per heavy atom. The van der Waals surface area contributed by atoms with Crippen LogP contribution >= 0.6 is 22.7 Å². The summed E-state index contributed by atoms with van der Waals surface area (Å²) in [6.07, 6.45) is 0. The summed E-state index contributed by atoms with van der Waals surface area (Å²) >= 11 is 2.94. The molecule has 24 heavy (non-hydrogen) atoms. The first-order valence-corrected chi connectivity index (χ1v) is 8.77. The number of hydrogen-bond acceptors (Lipinski definition) is 5. The molecular weight excluding hydrogens is 344 g/mol. The molecular formula is C16H14N4O2S2. The summed E-state index contributed by atoms with van der Waals surface area (Å²) in [5, 5.41) is 10.1. The number of nitrogens with two attached hydrogens (primary N) is 1. The fourth-order valence-electron chi connectivity index (χ4n) is 2.12. The van der Waals surface area contributed by atoms with Crippen molar-refractivity contribution in [2.45, 2.75) is 6.92 Å². The number of thiazole rings is 1. The number of urea groups is 1. The van der Waals surface area contributed by atoms with E-state index >= 15 is 0 Å². The Bertz CT molecular complexity index is 887. The number of anilines is 2. The number of carbonyl (C=O) groups is 2. The molecule has 0 radical (unpaired) electrons. The lowest BCUT2D eigenvalue weighted by Crippen LogP contribution is -2.19. The lowest BCUT2D eigenvalue weighted by atomic mass is 10.2. The molecule has 0 aliphatic heterocycles. The van der Waals surface area contributed by atoms with Crippen LogP contribution in [0.4, 0.5) is 16.2 Å². The monoisotopic (exact) mass is 358 g/mol. The molecule has 0 bridgehead atoms. The predicted molar refractivity (Wildman–Crippen MR) is 97.8 cm³/mol. The highest BCUT2D eigenvalue weighted by Gasteiger charge is 2.16. The molecule has 0 saturated carbocycles. The van der Waals surface area contributed by atoms with Gasteiger partial charge < -0.3 is 16.4 Å². The van der Waals surface area contributed by atoms with Gasteiger partial charge in [-0.1, -0.05) is 6.07 Å². The number of nitrogens with one attached hydrogen (secondary N) is 2. The Balaban J connectivity index is 1.79.